The fourth-order valence-electron chi connectivity index (χ4n) is 2.41. The van der Waals surface area contributed by atoms with Crippen LogP contribution in [0.4, 0.5) is 0 Å². The molecule has 1 aromatic heterocycles. The third kappa shape index (κ3) is 1.77. The molecule has 17 heavy (non-hydrogen) atoms. The standard InChI is InChI=1S/C12H15N3OS/c1-15-3-2-9(4-15)11-14-10(5-17-11)12(6-13)7-16-8-12/h5,9H,2-4,7-8H2,1H3. The Balaban J connectivity index is 1.81. The van der Waals surface area contributed by atoms with Crippen molar-refractivity contribution in [3.63, 3.8) is 0 Å². The summed E-state index contributed by atoms with van der Waals surface area (Å²) < 4.78 is 5.17. The maximum atomic E-state index is 9.23. The summed E-state index contributed by atoms with van der Waals surface area (Å²) in [4.78, 5) is 7.01. The summed E-state index contributed by atoms with van der Waals surface area (Å²) in [7, 11) is 2.14. The lowest BCUT2D eigenvalue weighted by molar-refractivity contribution is -0.0315. The van der Waals surface area contributed by atoms with Gasteiger partial charge in [0.15, 0.2) is 0 Å². The van der Waals surface area contributed by atoms with Gasteiger partial charge in [-0.2, -0.15) is 5.26 Å². The molecular weight excluding hydrogens is 234 g/mol. The molecule has 0 bridgehead atoms. The van der Waals surface area contributed by atoms with Crippen LogP contribution in [0.2, 0.25) is 0 Å². The molecule has 5 heteroatoms. The van der Waals surface area contributed by atoms with E-state index in [0.29, 0.717) is 19.1 Å². The molecule has 0 saturated carbocycles. The lowest BCUT2D eigenvalue weighted by Gasteiger charge is -2.33. The molecule has 2 aliphatic heterocycles. The minimum atomic E-state index is -0.459. The Labute approximate surface area is 105 Å². The number of nitrogens with zero attached hydrogens (tertiary/aromatic N) is 3. The molecule has 0 aromatic carbocycles. The van der Waals surface area contributed by atoms with E-state index >= 15 is 0 Å². The Bertz CT molecular complexity index is 461. The van der Waals surface area contributed by atoms with Crippen molar-refractivity contribution < 1.29 is 4.74 Å². The van der Waals surface area contributed by atoms with Gasteiger partial charge >= 0.3 is 0 Å². The van der Waals surface area contributed by atoms with E-state index in [1.165, 1.54) is 11.4 Å². The number of hydrogen-bond donors (Lipinski definition) is 0. The van der Waals surface area contributed by atoms with E-state index in [1.54, 1.807) is 11.3 Å². The Morgan fingerprint density at radius 3 is 3.00 bits per heavy atom. The van der Waals surface area contributed by atoms with Crippen LogP contribution in [0.5, 0.6) is 0 Å². The van der Waals surface area contributed by atoms with E-state index in [2.05, 4.69) is 23.0 Å². The van der Waals surface area contributed by atoms with E-state index < -0.39 is 5.41 Å². The fraction of sp³-hybridized carbons (Fsp3) is 0.667. The summed E-state index contributed by atoms with van der Waals surface area (Å²) in [5.74, 6) is 0.551. The Kier molecular flexibility index (Phi) is 2.66. The number of rotatable bonds is 2. The van der Waals surface area contributed by atoms with Gasteiger partial charge in [-0.05, 0) is 20.0 Å². The molecule has 90 valence electrons. The molecule has 2 fully saturated rings. The van der Waals surface area contributed by atoms with Crippen LogP contribution in [-0.4, -0.2) is 43.2 Å². The summed E-state index contributed by atoms with van der Waals surface area (Å²) in [5.41, 5.74) is 0.458. The van der Waals surface area contributed by atoms with Crippen molar-refractivity contribution in [1.82, 2.24) is 9.88 Å². The van der Waals surface area contributed by atoms with E-state index in [0.717, 1.165) is 18.8 Å². The van der Waals surface area contributed by atoms with Gasteiger partial charge in [-0.3, -0.25) is 0 Å². The van der Waals surface area contributed by atoms with E-state index in [9.17, 15) is 5.26 Å². The predicted octanol–water partition coefficient (Wildman–Crippen LogP) is 1.35. The van der Waals surface area contributed by atoms with Gasteiger partial charge in [0.2, 0.25) is 0 Å². The monoisotopic (exact) mass is 249 g/mol. The normalized spacial score (nSPS) is 27.6. The van der Waals surface area contributed by atoms with Crippen molar-refractivity contribution in [1.29, 1.82) is 5.26 Å². The van der Waals surface area contributed by atoms with Crippen LogP contribution < -0.4 is 0 Å². The predicted molar refractivity (Wildman–Crippen MR) is 65.1 cm³/mol. The highest BCUT2D eigenvalue weighted by Gasteiger charge is 2.43. The molecule has 4 nitrogen and oxygen atoms in total. The van der Waals surface area contributed by atoms with Crippen LogP contribution >= 0.6 is 11.3 Å². The maximum Gasteiger partial charge on any atom is 0.146 e. The van der Waals surface area contributed by atoms with Crippen LogP contribution in [0.25, 0.3) is 0 Å². The first kappa shape index (κ1) is 11.1. The molecule has 2 saturated heterocycles. The largest absolute Gasteiger partial charge is 0.377 e. The number of nitriles is 1. The summed E-state index contributed by atoms with van der Waals surface area (Å²) in [5, 5.41) is 12.5. The second-order valence-electron chi connectivity index (χ2n) is 5.01. The average Bonchev–Trinajstić information content (AvgIpc) is 2.86. The molecule has 0 radical (unpaired) electrons. The van der Waals surface area contributed by atoms with Gasteiger partial charge in [-0.1, -0.05) is 0 Å². The molecule has 3 heterocycles. The highest BCUT2D eigenvalue weighted by atomic mass is 32.1. The second kappa shape index (κ2) is 4.05. The highest BCUT2D eigenvalue weighted by molar-refractivity contribution is 7.09. The zero-order valence-electron chi connectivity index (χ0n) is 9.85. The van der Waals surface area contributed by atoms with Crippen molar-refractivity contribution in [2.45, 2.75) is 17.8 Å². The second-order valence-corrected chi connectivity index (χ2v) is 5.90. The summed E-state index contributed by atoms with van der Waals surface area (Å²) >= 11 is 1.70. The van der Waals surface area contributed by atoms with Crippen LogP contribution in [-0.2, 0) is 10.2 Å². The molecule has 0 N–H and O–H groups in total. The van der Waals surface area contributed by atoms with Gasteiger partial charge in [-0.15, -0.1) is 11.3 Å². The third-order valence-corrected chi connectivity index (χ3v) is 4.67. The summed E-state index contributed by atoms with van der Waals surface area (Å²) in [6.45, 7) is 3.23. The first-order chi connectivity index (χ1) is 8.23. The molecule has 2 aliphatic rings. The van der Waals surface area contributed by atoms with Gasteiger partial charge in [0.1, 0.15) is 5.41 Å². The molecule has 0 spiro atoms. The molecule has 3 rings (SSSR count). The molecule has 1 aromatic rings. The molecule has 0 amide bonds. The molecule has 0 aliphatic carbocycles. The van der Waals surface area contributed by atoms with Gasteiger partial charge in [0.25, 0.3) is 0 Å². The molecule has 1 unspecified atom stereocenters. The number of likely N-dealkylation sites (N-methyl/N-ethyl adjacent to an activating group) is 1. The third-order valence-electron chi connectivity index (χ3n) is 3.66. The van der Waals surface area contributed by atoms with Crippen LogP contribution in [0.1, 0.15) is 23.0 Å². The molecular formula is C12H15N3OS. The van der Waals surface area contributed by atoms with Crippen molar-refractivity contribution in [3.05, 3.63) is 16.1 Å². The van der Waals surface area contributed by atoms with Crippen molar-refractivity contribution >= 4 is 11.3 Å². The van der Waals surface area contributed by atoms with Crippen molar-refractivity contribution in [3.8, 4) is 6.07 Å². The number of hydrogen-bond acceptors (Lipinski definition) is 5. The van der Waals surface area contributed by atoms with Crippen molar-refractivity contribution in [2.75, 3.05) is 33.4 Å². The van der Waals surface area contributed by atoms with Gasteiger partial charge < -0.3 is 9.64 Å². The van der Waals surface area contributed by atoms with E-state index in [4.69, 9.17) is 4.74 Å². The zero-order valence-corrected chi connectivity index (χ0v) is 10.7. The average molecular weight is 249 g/mol. The minimum absolute atomic E-state index is 0.459. The van der Waals surface area contributed by atoms with Crippen LogP contribution in [0, 0.1) is 11.3 Å². The number of likely N-dealkylation sites (tertiary alicyclic amines) is 1. The Hall–Kier alpha value is -0.960. The topological polar surface area (TPSA) is 49.2 Å². The van der Waals surface area contributed by atoms with Gasteiger partial charge in [0.05, 0.1) is 30.0 Å². The highest BCUT2D eigenvalue weighted by Crippen LogP contribution is 2.35. The van der Waals surface area contributed by atoms with Gasteiger partial charge in [-0.25, -0.2) is 4.98 Å². The number of ether oxygens (including phenoxy) is 1. The van der Waals surface area contributed by atoms with E-state index in [-0.39, 0.29) is 0 Å². The SMILES string of the molecule is CN1CCC(c2nc(C3(C#N)COC3)cs2)C1. The maximum absolute atomic E-state index is 9.23. The first-order valence-electron chi connectivity index (χ1n) is 5.87. The summed E-state index contributed by atoms with van der Waals surface area (Å²) in [6.07, 6.45) is 1.18. The smallest absolute Gasteiger partial charge is 0.146 e. The first-order valence-corrected chi connectivity index (χ1v) is 6.75. The Morgan fingerprint density at radius 2 is 2.47 bits per heavy atom. The molecule has 1 atom stereocenters. The lowest BCUT2D eigenvalue weighted by Crippen LogP contribution is -2.45. The Morgan fingerprint density at radius 1 is 1.65 bits per heavy atom. The number of thiazole rings is 1. The van der Waals surface area contributed by atoms with Gasteiger partial charge in [0, 0.05) is 17.8 Å². The van der Waals surface area contributed by atoms with E-state index in [1.807, 2.05) is 5.38 Å². The summed E-state index contributed by atoms with van der Waals surface area (Å²) in [6, 6.07) is 2.35. The van der Waals surface area contributed by atoms with Crippen LogP contribution in [0.15, 0.2) is 5.38 Å². The fourth-order valence-corrected chi connectivity index (χ4v) is 3.45. The van der Waals surface area contributed by atoms with Crippen LogP contribution in [0.3, 0.4) is 0 Å². The minimum Gasteiger partial charge on any atom is -0.377 e. The number of aromatic nitrogens is 1. The lowest BCUT2D eigenvalue weighted by atomic mass is 9.85. The quantitative estimate of drug-likeness (QED) is 0.794. The zero-order chi connectivity index (χ0) is 11.9. The van der Waals surface area contributed by atoms with Crippen molar-refractivity contribution in [2.24, 2.45) is 0 Å².